The average Bonchev–Trinajstić information content (AvgIpc) is 2.95. The van der Waals surface area contributed by atoms with E-state index >= 15 is 0 Å². The second kappa shape index (κ2) is 4.78. The zero-order chi connectivity index (χ0) is 10.7. The third-order valence-corrected chi connectivity index (χ3v) is 3.06. The molecule has 1 unspecified atom stereocenters. The molecule has 1 atom stereocenters. The number of hydrogen-bond donors (Lipinski definition) is 1. The number of carbonyl (C=O) groups excluding carboxylic acids is 1. The average molecular weight is 198 g/mol. The van der Waals surface area contributed by atoms with Gasteiger partial charge in [0.25, 0.3) is 0 Å². The number of nitrogens with one attached hydrogen (secondary N) is 1. The molecule has 1 aliphatic rings. The fourth-order valence-electron chi connectivity index (χ4n) is 1.27. The molecular weight excluding hydrogens is 176 g/mol. The summed E-state index contributed by atoms with van der Waals surface area (Å²) in [6.45, 7) is 6.92. The molecule has 0 bridgehead atoms. The highest BCUT2D eigenvalue weighted by molar-refractivity contribution is 5.78. The van der Waals surface area contributed by atoms with Gasteiger partial charge in [0.1, 0.15) is 0 Å². The molecule has 1 N–H and O–H groups in total. The lowest BCUT2D eigenvalue weighted by Gasteiger charge is -2.20. The molecule has 0 heterocycles. The summed E-state index contributed by atoms with van der Waals surface area (Å²) in [5, 5.41) is 3.25. The van der Waals surface area contributed by atoms with Crippen LogP contribution in [0.25, 0.3) is 0 Å². The van der Waals surface area contributed by atoms with Crippen molar-refractivity contribution in [1.82, 2.24) is 10.2 Å². The summed E-state index contributed by atoms with van der Waals surface area (Å²) in [5.41, 5.74) is 0. The minimum absolute atomic E-state index is 0.222. The fourth-order valence-corrected chi connectivity index (χ4v) is 1.27. The van der Waals surface area contributed by atoms with Crippen molar-refractivity contribution in [2.45, 2.75) is 45.7 Å². The Hall–Kier alpha value is -0.570. The number of hydrogen-bond acceptors (Lipinski definition) is 2. The van der Waals surface area contributed by atoms with E-state index in [-0.39, 0.29) is 5.91 Å². The minimum Gasteiger partial charge on any atom is -0.342 e. The molecule has 1 rings (SSSR count). The Kier molecular flexibility index (Phi) is 3.93. The van der Waals surface area contributed by atoms with E-state index in [0.717, 1.165) is 0 Å². The summed E-state index contributed by atoms with van der Waals surface area (Å²) in [5.74, 6) is 0.800. The number of amides is 1. The van der Waals surface area contributed by atoms with Crippen LogP contribution in [0.5, 0.6) is 0 Å². The van der Waals surface area contributed by atoms with Crippen molar-refractivity contribution in [1.29, 1.82) is 0 Å². The van der Waals surface area contributed by atoms with Gasteiger partial charge in [0.05, 0.1) is 6.54 Å². The van der Waals surface area contributed by atoms with E-state index in [2.05, 4.69) is 26.1 Å². The van der Waals surface area contributed by atoms with Crippen molar-refractivity contribution in [3.8, 4) is 0 Å². The van der Waals surface area contributed by atoms with Gasteiger partial charge in [0.2, 0.25) is 5.91 Å². The van der Waals surface area contributed by atoms with Crippen molar-refractivity contribution in [3.05, 3.63) is 0 Å². The highest BCUT2D eigenvalue weighted by atomic mass is 16.2. The molecule has 0 saturated heterocycles. The van der Waals surface area contributed by atoms with Gasteiger partial charge in [-0.2, -0.15) is 0 Å². The third kappa shape index (κ3) is 3.29. The predicted octanol–water partition coefficient (Wildman–Crippen LogP) is 1.24. The molecule has 0 spiro atoms. The fraction of sp³-hybridized carbons (Fsp3) is 0.909. The van der Waals surface area contributed by atoms with Crippen LogP contribution < -0.4 is 5.32 Å². The largest absolute Gasteiger partial charge is 0.342 e. The molecule has 0 radical (unpaired) electrons. The summed E-state index contributed by atoms with van der Waals surface area (Å²) >= 11 is 0. The van der Waals surface area contributed by atoms with Crippen molar-refractivity contribution in [3.63, 3.8) is 0 Å². The lowest BCUT2D eigenvalue weighted by atomic mass is 10.1. The molecule has 0 aliphatic heterocycles. The molecule has 1 amide bonds. The normalized spacial score (nSPS) is 18.4. The van der Waals surface area contributed by atoms with Gasteiger partial charge in [0, 0.05) is 19.1 Å². The van der Waals surface area contributed by atoms with Crippen LogP contribution in [-0.4, -0.2) is 36.5 Å². The van der Waals surface area contributed by atoms with Gasteiger partial charge in [-0.05, 0) is 25.7 Å². The molecule has 0 aromatic rings. The third-order valence-electron chi connectivity index (χ3n) is 3.06. The standard InChI is InChI=1S/C11H22N2O/c1-8(2)9(3)12-7-11(14)13(4)10-5-6-10/h8-10,12H,5-7H2,1-4H3. The Morgan fingerprint density at radius 2 is 2.00 bits per heavy atom. The Balaban J connectivity index is 2.19. The van der Waals surface area contributed by atoms with E-state index in [1.54, 1.807) is 0 Å². The second-order valence-corrected chi connectivity index (χ2v) is 4.65. The Bertz CT molecular complexity index is 199. The topological polar surface area (TPSA) is 32.3 Å². The molecular formula is C11H22N2O. The molecule has 0 aromatic heterocycles. The molecule has 1 fully saturated rings. The maximum atomic E-state index is 11.6. The second-order valence-electron chi connectivity index (χ2n) is 4.65. The summed E-state index contributed by atoms with van der Waals surface area (Å²) in [6, 6.07) is 0.935. The van der Waals surface area contributed by atoms with Gasteiger partial charge in [-0.3, -0.25) is 4.79 Å². The molecule has 1 aliphatic carbocycles. The lowest BCUT2D eigenvalue weighted by molar-refractivity contribution is -0.129. The SMILES string of the molecule is CC(C)C(C)NCC(=O)N(C)C1CC1. The first-order valence-electron chi connectivity index (χ1n) is 5.51. The lowest BCUT2D eigenvalue weighted by Crippen LogP contribution is -2.41. The Morgan fingerprint density at radius 3 is 2.43 bits per heavy atom. The number of carbonyl (C=O) groups is 1. The van der Waals surface area contributed by atoms with Crippen LogP contribution in [0.15, 0.2) is 0 Å². The van der Waals surface area contributed by atoms with Crippen LogP contribution in [0.1, 0.15) is 33.6 Å². The first-order valence-corrected chi connectivity index (χ1v) is 5.51. The van der Waals surface area contributed by atoms with Crippen molar-refractivity contribution in [2.75, 3.05) is 13.6 Å². The summed E-state index contributed by atoms with van der Waals surface area (Å²) in [6.07, 6.45) is 2.37. The van der Waals surface area contributed by atoms with Gasteiger partial charge in [-0.15, -0.1) is 0 Å². The van der Waals surface area contributed by atoms with Gasteiger partial charge >= 0.3 is 0 Å². The van der Waals surface area contributed by atoms with Crippen LogP contribution in [0.2, 0.25) is 0 Å². The van der Waals surface area contributed by atoms with Crippen LogP contribution >= 0.6 is 0 Å². The maximum absolute atomic E-state index is 11.6. The zero-order valence-electron chi connectivity index (χ0n) is 9.71. The minimum atomic E-state index is 0.222. The van der Waals surface area contributed by atoms with E-state index < -0.39 is 0 Å². The smallest absolute Gasteiger partial charge is 0.236 e. The maximum Gasteiger partial charge on any atom is 0.236 e. The summed E-state index contributed by atoms with van der Waals surface area (Å²) < 4.78 is 0. The van der Waals surface area contributed by atoms with Crippen molar-refractivity contribution >= 4 is 5.91 Å². The highest BCUT2D eigenvalue weighted by Crippen LogP contribution is 2.25. The van der Waals surface area contributed by atoms with Crippen molar-refractivity contribution < 1.29 is 4.79 Å². The van der Waals surface area contributed by atoms with E-state index in [1.165, 1.54) is 12.8 Å². The number of rotatable bonds is 5. The zero-order valence-corrected chi connectivity index (χ0v) is 9.71. The van der Waals surface area contributed by atoms with Crippen LogP contribution in [0, 0.1) is 5.92 Å². The van der Waals surface area contributed by atoms with E-state index in [9.17, 15) is 4.79 Å². The molecule has 0 aromatic carbocycles. The molecule has 14 heavy (non-hydrogen) atoms. The van der Waals surface area contributed by atoms with E-state index in [0.29, 0.717) is 24.5 Å². The quantitative estimate of drug-likeness (QED) is 0.721. The van der Waals surface area contributed by atoms with Crippen LogP contribution in [0.3, 0.4) is 0 Å². The molecule has 1 saturated carbocycles. The van der Waals surface area contributed by atoms with Gasteiger partial charge < -0.3 is 10.2 Å². The Morgan fingerprint density at radius 1 is 1.43 bits per heavy atom. The van der Waals surface area contributed by atoms with Crippen molar-refractivity contribution in [2.24, 2.45) is 5.92 Å². The number of nitrogens with zero attached hydrogens (tertiary/aromatic N) is 1. The van der Waals surface area contributed by atoms with Crippen LogP contribution in [-0.2, 0) is 4.79 Å². The predicted molar refractivity (Wildman–Crippen MR) is 58.1 cm³/mol. The molecule has 3 nitrogen and oxygen atoms in total. The van der Waals surface area contributed by atoms with Gasteiger partial charge in [0.15, 0.2) is 0 Å². The van der Waals surface area contributed by atoms with Gasteiger partial charge in [-0.1, -0.05) is 13.8 Å². The first kappa shape index (κ1) is 11.5. The van der Waals surface area contributed by atoms with E-state index in [4.69, 9.17) is 0 Å². The van der Waals surface area contributed by atoms with E-state index in [1.807, 2.05) is 11.9 Å². The highest BCUT2D eigenvalue weighted by Gasteiger charge is 2.29. The Labute approximate surface area is 86.9 Å². The monoisotopic (exact) mass is 198 g/mol. The van der Waals surface area contributed by atoms with Gasteiger partial charge in [-0.25, -0.2) is 0 Å². The molecule has 82 valence electrons. The summed E-state index contributed by atoms with van der Waals surface area (Å²) in [7, 11) is 1.90. The first-order chi connectivity index (χ1) is 6.52. The summed E-state index contributed by atoms with van der Waals surface area (Å²) in [4.78, 5) is 13.5. The molecule has 3 heteroatoms. The number of likely N-dealkylation sites (N-methyl/N-ethyl adjacent to an activating group) is 1. The van der Waals surface area contributed by atoms with Crippen LogP contribution in [0.4, 0.5) is 0 Å².